The zero-order valence-electron chi connectivity index (χ0n) is 13.6. The second-order valence-electron chi connectivity index (χ2n) is 5.50. The Kier molecular flexibility index (Phi) is 7.60. The number of nitrogens with two attached hydrogens (primary N) is 1. The largest absolute Gasteiger partial charge is 0.466 e. The van der Waals surface area contributed by atoms with Gasteiger partial charge in [0.25, 0.3) is 0 Å². The van der Waals surface area contributed by atoms with Crippen LogP contribution < -0.4 is 11.1 Å². The van der Waals surface area contributed by atoms with Crippen molar-refractivity contribution in [2.45, 2.75) is 52.1 Å². The Morgan fingerprint density at radius 1 is 1.32 bits per heavy atom. The molecular weight excluding hydrogens is 280 g/mol. The third kappa shape index (κ3) is 6.26. The first-order valence-electron chi connectivity index (χ1n) is 7.70. The molecule has 1 aromatic rings. The van der Waals surface area contributed by atoms with Crippen molar-refractivity contribution < 1.29 is 14.3 Å². The number of nitrogens with one attached hydrogen (secondary N) is 1. The normalized spacial score (nSPS) is 13.3. The molecule has 0 radical (unpaired) electrons. The quantitative estimate of drug-likeness (QED) is 0.722. The van der Waals surface area contributed by atoms with Crippen molar-refractivity contribution in [3.05, 3.63) is 35.4 Å². The molecule has 0 saturated heterocycles. The minimum atomic E-state index is -0.374. The van der Waals surface area contributed by atoms with E-state index in [1.807, 2.05) is 38.1 Å². The predicted octanol–water partition coefficient (Wildman–Crippen LogP) is 2.23. The van der Waals surface area contributed by atoms with Crippen molar-refractivity contribution in [2.75, 3.05) is 6.61 Å². The molecule has 1 amide bonds. The SMILES string of the molecule is CCOC(=O)CC(NC(=O)CCC(C)N)c1ccccc1C. The molecule has 0 aliphatic heterocycles. The van der Waals surface area contributed by atoms with Gasteiger partial charge in [-0.05, 0) is 38.3 Å². The van der Waals surface area contributed by atoms with Crippen molar-refractivity contribution in [3.63, 3.8) is 0 Å². The molecule has 5 nitrogen and oxygen atoms in total. The summed E-state index contributed by atoms with van der Waals surface area (Å²) >= 11 is 0. The summed E-state index contributed by atoms with van der Waals surface area (Å²) in [6, 6.07) is 7.31. The van der Waals surface area contributed by atoms with Gasteiger partial charge in [-0.1, -0.05) is 24.3 Å². The Balaban J connectivity index is 2.80. The molecule has 0 aliphatic carbocycles. The molecule has 2 unspecified atom stereocenters. The van der Waals surface area contributed by atoms with E-state index in [0.717, 1.165) is 11.1 Å². The van der Waals surface area contributed by atoms with Gasteiger partial charge in [0, 0.05) is 12.5 Å². The Hall–Kier alpha value is -1.88. The standard InChI is InChI=1S/C17H26N2O3/c1-4-22-17(21)11-15(14-8-6-5-7-12(14)2)19-16(20)10-9-13(3)18/h5-8,13,15H,4,9-11,18H2,1-3H3,(H,19,20). The summed E-state index contributed by atoms with van der Waals surface area (Å²) in [5.74, 6) is -0.418. The van der Waals surface area contributed by atoms with E-state index in [-0.39, 0.29) is 30.4 Å². The highest BCUT2D eigenvalue weighted by Crippen LogP contribution is 2.21. The van der Waals surface area contributed by atoms with E-state index < -0.39 is 0 Å². The van der Waals surface area contributed by atoms with Gasteiger partial charge in [0.2, 0.25) is 5.91 Å². The molecule has 0 aromatic heterocycles. The van der Waals surface area contributed by atoms with Gasteiger partial charge in [-0.25, -0.2) is 0 Å². The maximum Gasteiger partial charge on any atom is 0.308 e. The number of rotatable bonds is 8. The average Bonchev–Trinajstić information content (AvgIpc) is 2.45. The first-order chi connectivity index (χ1) is 10.4. The fraction of sp³-hybridized carbons (Fsp3) is 0.529. The first kappa shape index (κ1) is 18.2. The fourth-order valence-electron chi connectivity index (χ4n) is 2.23. The van der Waals surface area contributed by atoms with E-state index >= 15 is 0 Å². The third-order valence-corrected chi connectivity index (χ3v) is 3.40. The summed E-state index contributed by atoms with van der Waals surface area (Å²) < 4.78 is 5.00. The molecule has 0 aliphatic rings. The van der Waals surface area contributed by atoms with Gasteiger partial charge in [0.15, 0.2) is 0 Å². The van der Waals surface area contributed by atoms with E-state index in [4.69, 9.17) is 10.5 Å². The molecule has 5 heteroatoms. The first-order valence-corrected chi connectivity index (χ1v) is 7.70. The maximum atomic E-state index is 12.1. The lowest BCUT2D eigenvalue weighted by atomic mass is 9.98. The highest BCUT2D eigenvalue weighted by atomic mass is 16.5. The predicted molar refractivity (Wildman–Crippen MR) is 86.2 cm³/mol. The molecule has 1 aromatic carbocycles. The molecular formula is C17H26N2O3. The van der Waals surface area contributed by atoms with Crippen LogP contribution in [0.25, 0.3) is 0 Å². The second-order valence-corrected chi connectivity index (χ2v) is 5.50. The smallest absolute Gasteiger partial charge is 0.308 e. The van der Waals surface area contributed by atoms with E-state index in [0.29, 0.717) is 19.4 Å². The van der Waals surface area contributed by atoms with Crippen LogP contribution in [0.5, 0.6) is 0 Å². The summed E-state index contributed by atoms with van der Waals surface area (Å²) in [7, 11) is 0. The highest BCUT2D eigenvalue weighted by Gasteiger charge is 2.20. The zero-order valence-corrected chi connectivity index (χ0v) is 13.6. The Morgan fingerprint density at radius 3 is 2.59 bits per heavy atom. The number of aryl methyl sites for hydroxylation is 1. The summed E-state index contributed by atoms with van der Waals surface area (Å²) in [4.78, 5) is 23.9. The van der Waals surface area contributed by atoms with Crippen LogP contribution in [0.4, 0.5) is 0 Å². The zero-order chi connectivity index (χ0) is 16.5. The van der Waals surface area contributed by atoms with Gasteiger partial charge >= 0.3 is 5.97 Å². The van der Waals surface area contributed by atoms with E-state index in [9.17, 15) is 9.59 Å². The Labute approximate surface area is 132 Å². The molecule has 1 rings (SSSR count). The van der Waals surface area contributed by atoms with Crippen LogP contribution in [-0.2, 0) is 14.3 Å². The highest BCUT2D eigenvalue weighted by molar-refractivity contribution is 5.78. The molecule has 122 valence electrons. The lowest BCUT2D eigenvalue weighted by molar-refractivity contribution is -0.143. The third-order valence-electron chi connectivity index (χ3n) is 3.40. The molecule has 22 heavy (non-hydrogen) atoms. The number of esters is 1. The van der Waals surface area contributed by atoms with Crippen LogP contribution in [0.2, 0.25) is 0 Å². The van der Waals surface area contributed by atoms with E-state index in [1.165, 1.54) is 0 Å². The summed E-state index contributed by atoms with van der Waals surface area (Å²) in [6.45, 7) is 5.92. The lowest BCUT2D eigenvalue weighted by Gasteiger charge is -2.20. The van der Waals surface area contributed by atoms with Crippen molar-refractivity contribution in [1.29, 1.82) is 0 Å². The summed E-state index contributed by atoms with van der Waals surface area (Å²) in [5.41, 5.74) is 7.64. The van der Waals surface area contributed by atoms with Crippen LogP contribution >= 0.6 is 0 Å². The van der Waals surface area contributed by atoms with E-state index in [2.05, 4.69) is 5.32 Å². The van der Waals surface area contributed by atoms with Gasteiger partial charge in [-0.3, -0.25) is 9.59 Å². The molecule has 3 N–H and O–H groups in total. The van der Waals surface area contributed by atoms with Crippen LogP contribution in [0.15, 0.2) is 24.3 Å². The van der Waals surface area contributed by atoms with Crippen molar-refractivity contribution in [1.82, 2.24) is 5.32 Å². The fourth-order valence-corrected chi connectivity index (χ4v) is 2.23. The van der Waals surface area contributed by atoms with Gasteiger partial charge in [-0.2, -0.15) is 0 Å². The number of amides is 1. The van der Waals surface area contributed by atoms with Gasteiger partial charge < -0.3 is 15.8 Å². The lowest BCUT2D eigenvalue weighted by Crippen LogP contribution is -2.32. The van der Waals surface area contributed by atoms with Crippen LogP contribution in [0.3, 0.4) is 0 Å². The van der Waals surface area contributed by atoms with Crippen LogP contribution in [0, 0.1) is 6.92 Å². The molecule has 2 atom stereocenters. The second kappa shape index (κ2) is 9.20. The maximum absolute atomic E-state index is 12.1. The minimum absolute atomic E-state index is 0.0206. The molecule has 0 spiro atoms. The van der Waals surface area contributed by atoms with Crippen LogP contribution in [0.1, 0.15) is 50.3 Å². The summed E-state index contributed by atoms with van der Waals surface area (Å²) in [5, 5.41) is 2.92. The van der Waals surface area contributed by atoms with Gasteiger partial charge in [0.05, 0.1) is 19.1 Å². The number of hydrogen-bond acceptors (Lipinski definition) is 4. The number of ether oxygens (including phenoxy) is 1. The monoisotopic (exact) mass is 306 g/mol. The molecule has 0 heterocycles. The molecule has 0 bridgehead atoms. The Bertz CT molecular complexity index is 500. The van der Waals surface area contributed by atoms with Gasteiger partial charge in [0.1, 0.15) is 0 Å². The average molecular weight is 306 g/mol. The Morgan fingerprint density at radius 2 is 2.00 bits per heavy atom. The number of hydrogen-bond donors (Lipinski definition) is 2. The molecule has 0 saturated carbocycles. The molecule has 0 fully saturated rings. The minimum Gasteiger partial charge on any atom is -0.466 e. The van der Waals surface area contributed by atoms with Gasteiger partial charge in [-0.15, -0.1) is 0 Å². The van der Waals surface area contributed by atoms with Crippen molar-refractivity contribution >= 4 is 11.9 Å². The van der Waals surface area contributed by atoms with Crippen molar-refractivity contribution in [3.8, 4) is 0 Å². The van der Waals surface area contributed by atoms with Crippen molar-refractivity contribution in [2.24, 2.45) is 5.73 Å². The van der Waals surface area contributed by atoms with E-state index in [1.54, 1.807) is 6.92 Å². The topological polar surface area (TPSA) is 81.4 Å². The number of carbonyl (C=O) groups excluding carboxylic acids is 2. The number of carbonyl (C=O) groups is 2. The summed E-state index contributed by atoms with van der Waals surface area (Å²) in [6.07, 6.45) is 1.09. The number of benzene rings is 1. The van der Waals surface area contributed by atoms with Crippen LogP contribution in [-0.4, -0.2) is 24.5 Å².